The van der Waals surface area contributed by atoms with Gasteiger partial charge in [0, 0.05) is 18.6 Å². The molecule has 3 heteroatoms. The van der Waals surface area contributed by atoms with Gasteiger partial charge in [0.25, 0.3) is 0 Å². The molecule has 0 aromatic carbocycles. The lowest BCUT2D eigenvalue weighted by Gasteiger charge is -2.33. The van der Waals surface area contributed by atoms with E-state index in [-0.39, 0.29) is 10.7 Å². The van der Waals surface area contributed by atoms with Crippen LogP contribution < -0.4 is 0 Å². The van der Waals surface area contributed by atoms with Crippen LogP contribution >= 0.6 is 11.6 Å². The molecule has 70 valence electrons. The molecule has 0 amide bonds. The van der Waals surface area contributed by atoms with Crippen LogP contribution in [0.15, 0.2) is 0 Å². The predicted octanol–water partition coefficient (Wildman–Crippen LogP) is 2.20. The van der Waals surface area contributed by atoms with Crippen LogP contribution in [0.5, 0.6) is 0 Å². The average molecular weight is 191 g/mol. The van der Waals surface area contributed by atoms with E-state index in [9.17, 15) is 4.79 Å². The smallest absolute Gasteiger partial charge is 0.227 e. The van der Waals surface area contributed by atoms with Crippen molar-refractivity contribution in [1.82, 2.24) is 0 Å². The number of rotatable bonds is 2. The molecule has 0 atom stereocenters. The highest BCUT2D eigenvalue weighted by Gasteiger charge is 2.36. The van der Waals surface area contributed by atoms with E-state index in [1.807, 2.05) is 13.8 Å². The van der Waals surface area contributed by atoms with Gasteiger partial charge in [0.15, 0.2) is 0 Å². The maximum Gasteiger partial charge on any atom is 0.227 e. The number of hydrogen-bond acceptors (Lipinski definition) is 2. The Morgan fingerprint density at radius 3 is 2.33 bits per heavy atom. The Bertz CT molecular complexity index is 171. The van der Waals surface area contributed by atoms with Crippen molar-refractivity contribution in [2.24, 2.45) is 11.3 Å². The van der Waals surface area contributed by atoms with Crippen LogP contribution in [0, 0.1) is 11.3 Å². The Morgan fingerprint density at radius 1 is 1.42 bits per heavy atom. The maximum absolute atomic E-state index is 11.1. The molecule has 1 aliphatic rings. The standard InChI is InChI=1S/C9H15ClO2/c1-9(2,8(10)11)7-3-5-12-6-4-7/h7H,3-6H2,1-2H3. The highest BCUT2D eigenvalue weighted by molar-refractivity contribution is 6.64. The molecule has 1 rings (SSSR count). The Morgan fingerprint density at radius 2 is 1.92 bits per heavy atom. The van der Waals surface area contributed by atoms with Crippen molar-refractivity contribution in [3.63, 3.8) is 0 Å². The molecule has 1 fully saturated rings. The Kier molecular flexibility index (Phi) is 3.13. The van der Waals surface area contributed by atoms with Crippen molar-refractivity contribution in [2.45, 2.75) is 26.7 Å². The number of carbonyl (C=O) groups excluding carboxylic acids is 1. The van der Waals surface area contributed by atoms with Crippen LogP contribution in [0.2, 0.25) is 0 Å². The van der Waals surface area contributed by atoms with Crippen LogP contribution in [0.1, 0.15) is 26.7 Å². The molecule has 1 saturated heterocycles. The molecule has 0 unspecified atom stereocenters. The van der Waals surface area contributed by atoms with Gasteiger partial charge in [-0.1, -0.05) is 13.8 Å². The van der Waals surface area contributed by atoms with Crippen LogP contribution in [0.3, 0.4) is 0 Å². The zero-order chi connectivity index (χ0) is 9.19. The van der Waals surface area contributed by atoms with Gasteiger partial charge in [-0.2, -0.15) is 0 Å². The van der Waals surface area contributed by atoms with Crippen LogP contribution in [0.25, 0.3) is 0 Å². The van der Waals surface area contributed by atoms with Crippen molar-refractivity contribution < 1.29 is 9.53 Å². The van der Waals surface area contributed by atoms with Gasteiger partial charge in [-0.3, -0.25) is 4.79 Å². The van der Waals surface area contributed by atoms with Crippen molar-refractivity contribution in [1.29, 1.82) is 0 Å². The number of halogens is 1. The topological polar surface area (TPSA) is 26.3 Å². The lowest BCUT2D eigenvalue weighted by atomic mass is 9.76. The SMILES string of the molecule is CC(C)(C(=O)Cl)C1CCOCC1. The fourth-order valence-corrected chi connectivity index (χ4v) is 1.73. The maximum atomic E-state index is 11.1. The zero-order valence-corrected chi connectivity index (χ0v) is 8.36. The molecular weight excluding hydrogens is 176 g/mol. The fourth-order valence-electron chi connectivity index (χ4n) is 1.58. The Hall–Kier alpha value is -0.0800. The van der Waals surface area contributed by atoms with Crippen molar-refractivity contribution >= 4 is 16.8 Å². The molecule has 0 aliphatic carbocycles. The first kappa shape index (κ1) is 10.0. The Labute approximate surface area is 78.2 Å². The number of carbonyl (C=O) groups is 1. The second-order valence-corrected chi connectivity index (χ2v) is 4.23. The lowest BCUT2D eigenvalue weighted by Crippen LogP contribution is -2.34. The van der Waals surface area contributed by atoms with Crippen molar-refractivity contribution in [2.75, 3.05) is 13.2 Å². The van der Waals surface area contributed by atoms with Gasteiger partial charge in [0.1, 0.15) is 0 Å². The van der Waals surface area contributed by atoms with Crippen molar-refractivity contribution in [3.8, 4) is 0 Å². The molecule has 1 aliphatic heterocycles. The predicted molar refractivity (Wildman–Crippen MR) is 48.2 cm³/mol. The van der Waals surface area contributed by atoms with Gasteiger partial charge in [-0.15, -0.1) is 0 Å². The van der Waals surface area contributed by atoms with E-state index >= 15 is 0 Å². The van der Waals surface area contributed by atoms with E-state index in [0.717, 1.165) is 26.1 Å². The monoisotopic (exact) mass is 190 g/mol. The van der Waals surface area contributed by atoms with E-state index < -0.39 is 0 Å². The molecule has 0 N–H and O–H groups in total. The molecule has 0 spiro atoms. The third-order valence-corrected chi connectivity index (χ3v) is 3.24. The molecular formula is C9H15ClO2. The summed E-state index contributed by atoms with van der Waals surface area (Å²) in [5.41, 5.74) is -0.384. The van der Waals surface area contributed by atoms with Crippen LogP contribution in [-0.2, 0) is 9.53 Å². The summed E-state index contributed by atoms with van der Waals surface area (Å²) >= 11 is 5.52. The minimum Gasteiger partial charge on any atom is -0.381 e. The highest BCUT2D eigenvalue weighted by Crippen LogP contribution is 2.36. The molecule has 2 nitrogen and oxygen atoms in total. The molecule has 12 heavy (non-hydrogen) atoms. The summed E-state index contributed by atoms with van der Waals surface area (Å²) in [5, 5.41) is -0.227. The van der Waals surface area contributed by atoms with E-state index in [1.165, 1.54) is 0 Å². The Balaban J connectivity index is 2.59. The van der Waals surface area contributed by atoms with Crippen molar-refractivity contribution in [3.05, 3.63) is 0 Å². The van der Waals surface area contributed by atoms with Gasteiger partial charge < -0.3 is 4.74 Å². The molecule has 0 saturated carbocycles. The largest absolute Gasteiger partial charge is 0.381 e. The van der Waals surface area contributed by atoms with E-state index in [1.54, 1.807) is 0 Å². The molecule has 1 heterocycles. The number of ether oxygens (including phenoxy) is 1. The zero-order valence-electron chi connectivity index (χ0n) is 7.60. The minimum atomic E-state index is -0.384. The second kappa shape index (κ2) is 3.75. The first-order valence-electron chi connectivity index (χ1n) is 4.33. The summed E-state index contributed by atoms with van der Waals surface area (Å²) in [6, 6.07) is 0. The summed E-state index contributed by atoms with van der Waals surface area (Å²) in [6.45, 7) is 5.35. The summed E-state index contributed by atoms with van der Waals surface area (Å²) in [7, 11) is 0. The third-order valence-electron chi connectivity index (χ3n) is 2.75. The van der Waals surface area contributed by atoms with E-state index in [4.69, 9.17) is 16.3 Å². The molecule has 0 bridgehead atoms. The fraction of sp³-hybridized carbons (Fsp3) is 0.889. The van der Waals surface area contributed by atoms with Crippen LogP contribution in [-0.4, -0.2) is 18.5 Å². The lowest BCUT2D eigenvalue weighted by molar-refractivity contribution is -0.123. The van der Waals surface area contributed by atoms with Crippen LogP contribution in [0.4, 0.5) is 0 Å². The van der Waals surface area contributed by atoms with E-state index in [0.29, 0.717) is 5.92 Å². The number of hydrogen-bond donors (Lipinski definition) is 0. The first-order chi connectivity index (χ1) is 5.55. The normalized spacial score (nSPS) is 20.9. The summed E-state index contributed by atoms with van der Waals surface area (Å²) in [4.78, 5) is 11.1. The van der Waals surface area contributed by atoms with Gasteiger partial charge >= 0.3 is 0 Å². The minimum absolute atomic E-state index is 0.227. The summed E-state index contributed by atoms with van der Waals surface area (Å²) in [6.07, 6.45) is 1.90. The van der Waals surface area contributed by atoms with Gasteiger partial charge in [-0.05, 0) is 30.4 Å². The van der Waals surface area contributed by atoms with E-state index in [2.05, 4.69) is 0 Å². The van der Waals surface area contributed by atoms with Gasteiger partial charge in [-0.25, -0.2) is 0 Å². The quantitative estimate of drug-likeness (QED) is 0.625. The highest BCUT2D eigenvalue weighted by atomic mass is 35.5. The first-order valence-corrected chi connectivity index (χ1v) is 4.70. The summed E-state index contributed by atoms with van der Waals surface area (Å²) in [5.74, 6) is 0.385. The summed E-state index contributed by atoms with van der Waals surface area (Å²) < 4.78 is 5.22. The molecule has 0 radical (unpaired) electrons. The van der Waals surface area contributed by atoms with Gasteiger partial charge in [0.2, 0.25) is 5.24 Å². The molecule has 0 aromatic rings. The average Bonchev–Trinajstić information content (AvgIpc) is 2.06. The van der Waals surface area contributed by atoms with Gasteiger partial charge in [0.05, 0.1) is 0 Å². The molecule has 0 aromatic heterocycles. The second-order valence-electron chi connectivity index (χ2n) is 3.88. The third kappa shape index (κ3) is 1.99.